The minimum Gasteiger partial charge on any atom is -0.325 e. The summed E-state index contributed by atoms with van der Waals surface area (Å²) in [7, 11) is 0. The summed E-state index contributed by atoms with van der Waals surface area (Å²) in [6.45, 7) is 8.33. The van der Waals surface area contributed by atoms with Crippen LogP contribution in [0.2, 0.25) is 5.02 Å². The SMILES string of the molecule is CC(Sc1nncn1-c1cccc(Cl)c1)C(=O)Nc1ccc(C(C)(C)C)cc1. The van der Waals surface area contributed by atoms with Crippen molar-refractivity contribution in [3.8, 4) is 5.69 Å². The highest BCUT2D eigenvalue weighted by Crippen LogP contribution is 2.27. The van der Waals surface area contributed by atoms with Crippen LogP contribution in [-0.2, 0) is 10.2 Å². The molecule has 1 aromatic heterocycles. The molecule has 0 spiro atoms. The summed E-state index contributed by atoms with van der Waals surface area (Å²) >= 11 is 7.42. The lowest BCUT2D eigenvalue weighted by Gasteiger charge is -2.19. The van der Waals surface area contributed by atoms with Crippen LogP contribution in [0.4, 0.5) is 5.69 Å². The molecule has 0 aliphatic rings. The predicted octanol–water partition coefficient (Wildman–Crippen LogP) is 5.34. The van der Waals surface area contributed by atoms with E-state index in [9.17, 15) is 4.79 Å². The molecule has 1 heterocycles. The minimum absolute atomic E-state index is 0.0795. The summed E-state index contributed by atoms with van der Waals surface area (Å²) in [5.41, 5.74) is 2.94. The number of halogens is 1. The lowest BCUT2D eigenvalue weighted by molar-refractivity contribution is -0.115. The highest BCUT2D eigenvalue weighted by atomic mass is 35.5. The summed E-state index contributed by atoms with van der Waals surface area (Å²) in [4.78, 5) is 12.6. The first-order chi connectivity index (χ1) is 13.2. The lowest BCUT2D eigenvalue weighted by Crippen LogP contribution is -2.23. The molecule has 3 rings (SSSR count). The molecule has 0 aliphatic carbocycles. The van der Waals surface area contributed by atoms with E-state index in [-0.39, 0.29) is 16.6 Å². The minimum atomic E-state index is -0.343. The molecule has 1 unspecified atom stereocenters. The normalized spacial score (nSPS) is 12.6. The van der Waals surface area contributed by atoms with Crippen LogP contribution in [0, 0.1) is 0 Å². The zero-order valence-electron chi connectivity index (χ0n) is 16.3. The molecular formula is C21H23ClN4OS. The fourth-order valence-electron chi connectivity index (χ4n) is 2.62. The van der Waals surface area contributed by atoms with Crippen molar-refractivity contribution in [1.82, 2.24) is 14.8 Å². The van der Waals surface area contributed by atoms with Gasteiger partial charge in [-0.1, -0.05) is 62.3 Å². The van der Waals surface area contributed by atoms with Gasteiger partial charge in [-0.25, -0.2) is 0 Å². The molecule has 0 saturated carbocycles. The first kappa shape index (κ1) is 20.4. The summed E-state index contributed by atoms with van der Waals surface area (Å²) in [6.07, 6.45) is 1.61. The number of aromatic nitrogens is 3. The smallest absolute Gasteiger partial charge is 0.237 e. The number of anilines is 1. The van der Waals surface area contributed by atoms with Gasteiger partial charge in [0.1, 0.15) is 6.33 Å². The van der Waals surface area contributed by atoms with Gasteiger partial charge in [0.2, 0.25) is 5.91 Å². The molecule has 1 amide bonds. The second-order valence-electron chi connectivity index (χ2n) is 7.54. The number of hydrogen-bond acceptors (Lipinski definition) is 4. The molecule has 3 aromatic rings. The van der Waals surface area contributed by atoms with E-state index in [1.165, 1.54) is 17.3 Å². The molecular weight excluding hydrogens is 392 g/mol. The number of benzene rings is 2. The van der Waals surface area contributed by atoms with Gasteiger partial charge in [-0.05, 0) is 48.2 Å². The first-order valence-electron chi connectivity index (χ1n) is 8.98. The average molecular weight is 415 g/mol. The van der Waals surface area contributed by atoms with Crippen molar-refractivity contribution in [2.45, 2.75) is 43.5 Å². The molecule has 7 heteroatoms. The Kier molecular flexibility index (Phi) is 6.10. The van der Waals surface area contributed by atoms with Gasteiger partial charge in [0, 0.05) is 10.7 Å². The number of carbonyl (C=O) groups is 1. The molecule has 1 N–H and O–H groups in total. The van der Waals surface area contributed by atoms with Crippen LogP contribution < -0.4 is 5.32 Å². The number of nitrogens with one attached hydrogen (secondary N) is 1. The third kappa shape index (κ3) is 4.94. The van der Waals surface area contributed by atoms with Crippen LogP contribution in [-0.4, -0.2) is 25.9 Å². The maximum Gasteiger partial charge on any atom is 0.237 e. The summed E-state index contributed by atoms with van der Waals surface area (Å²) < 4.78 is 1.82. The first-order valence-corrected chi connectivity index (χ1v) is 10.2. The largest absolute Gasteiger partial charge is 0.325 e. The number of thioether (sulfide) groups is 1. The van der Waals surface area contributed by atoms with E-state index in [2.05, 4.69) is 36.3 Å². The van der Waals surface area contributed by atoms with Crippen molar-refractivity contribution >= 4 is 35.0 Å². The van der Waals surface area contributed by atoms with Gasteiger partial charge in [0.25, 0.3) is 0 Å². The number of carbonyl (C=O) groups excluding carboxylic acids is 1. The van der Waals surface area contributed by atoms with Crippen molar-refractivity contribution < 1.29 is 4.79 Å². The molecule has 0 radical (unpaired) electrons. The van der Waals surface area contributed by atoms with Crippen LogP contribution in [0.3, 0.4) is 0 Å². The Morgan fingerprint density at radius 3 is 2.54 bits per heavy atom. The lowest BCUT2D eigenvalue weighted by atomic mass is 9.87. The fourth-order valence-corrected chi connectivity index (χ4v) is 3.64. The number of rotatable bonds is 5. The number of hydrogen-bond donors (Lipinski definition) is 1. The van der Waals surface area contributed by atoms with E-state index in [0.717, 1.165) is 11.4 Å². The second-order valence-corrected chi connectivity index (χ2v) is 9.28. The molecule has 146 valence electrons. The zero-order valence-corrected chi connectivity index (χ0v) is 17.9. The van der Waals surface area contributed by atoms with E-state index >= 15 is 0 Å². The van der Waals surface area contributed by atoms with Crippen LogP contribution in [0.15, 0.2) is 60.0 Å². The summed E-state index contributed by atoms with van der Waals surface area (Å²) in [5, 5.41) is 12.0. The van der Waals surface area contributed by atoms with Crippen molar-refractivity contribution in [3.05, 3.63) is 65.4 Å². The van der Waals surface area contributed by atoms with Crippen molar-refractivity contribution in [2.75, 3.05) is 5.32 Å². The predicted molar refractivity (Wildman–Crippen MR) is 115 cm³/mol. The van der Waals surface area contributed by atoms with Gasteiger partial charge in [-0.2, -0.15) is 0 Å². The van der Waals surface area contributed by atoms with Crippen LogP contribution in [0.25, 0.3) is 5.69 Å². The van der Waals surface area contributed by atoms with Crippen molar-refractivity contribution in [1.29, 1.82) is 0 Å². The molecule has 0 fully saturated rings. The van der Waals surface area contributed by atoms with E-state index in [1.54, 1.807) is 6.33 Å². The highest BCUT2D eigenvalue weighted by Gasteiger charge is 2.19. The molecule has 1 atom stereocenters. The zero-order chi connectivity index (χ0) is 20.3. The molecule has 0 aliphatic heterocycles. The molecule has 28 heavy (non-hydrogen) atoms. The van der Waals surface area contributed by atoms with Gasteiger partial charge in [-0.15, -0.1) is 10.2 Å². The Morgan fingerprint density at radius 2 is 1.89 bits per heavy atom. The highest BCUT2D eigenvalue weighted by molar-refractivity contribution is 8.00. The van der Waals surface area contributed by atoms with E-state index in [1.807, 2.05) is 60.0 Å². The van der Waals surface area contributed by atoms with Crippen molar-refractivity contribution in [3.63, 3.8) is 0 Å². The molecule has 0 bridgehead atoms. The maximum absolute atomic E-state index is 12.6. The Hall–Kier alpha value is -2.31. The average Bonchev–Trinajstić information content (AvgIpc) is 3.09. The van der Waals surface area contributed by atoms with Gasteiger partial charge in [-0.3, -0.25) is 9.36 Å². The van der Waals surface area contributed by atoms with Gasteiger partial charge in [0.05, 0.1) is 10.9 Å². The molecule has 0 saturated heterocycles. The molecule has 2 aromatic carbocycles. The quantitative estimate of drug-likeness (QED) is 0.572. The summed E-state index contributed by atoms with van der Waals surface area (Å²) in [6, 6.07) is 15.4. The monoisotopic (exact) mass is 414 g/mol. The van der Waals surface area contributed by atoms with Gasteiger partial charge < -0.3 is 5.32 Å². The van der Waals surface area contributed by atoms with E-state index < -0.39 is 0 Å². The van der Waals surface area contributed by atoms with Crippen molar-refractivity contribution in [2.24, 2.45) is 0 Å². The van der Waals surface area contributed by atoms with Crippen LogP contribution in [0.1, 0.15) is 33.3 Å². The standard InChI is InChI=1S/C21H23ClN4OS/c1-14(19(27)24-17-10-8-15(9-11-17)21(2,3)4)28-20-25-23-13-26(20)18-7-5-6-16(22)12-18/h5-14H,1-4H3,(H,24,27). The Labute approximate surface area is 174 Å². The fraction of sp³-hybridized carbons (Fsp3) is 0.286. The van der Waals surface area contributed by atoms with E-state index in [0.29, 0.717) is 10.2 Å². The van der Waals surface area contributed by atoms with Crippen LogP contribution >= 0.6 is 23.4 Å². The number of amides is 1. The summed E-state index contributed by atoms with van der Waals surface area (Å²) in [5.74, 6) is -0.0887. The van der Waals surface area contributed by atoms with Crippen LogP contribution in [0.5, 0.6) is 0 Å². The molecule has 5 nitrogen and oxygen atoms in total. The number of nitrogens with zero attached hydrogens (tertiary/aromatic N) is 3. The van der Waals surface area contributed by atoms with Gasteiger partial charge in [0.15, 0.2) is 5.16 Å². The Bertz CT molecular complexity index is 963. The Morgan fingerprint density at radius 1 is 1.18 bits per heavy atom. The maximum atomic E-state index is 12.6. The third-order valence-corrected chi connectivity index (χ3v) is 5.56. The van der Waals surface area contributed by atoms with E-state index in [4.69, 9.17) is 11.6 Å². The Balaban J connectivity index is 1.68. The third-order valence-electron chi connectivity index (χ3n) is 4.27. The van der Waals surface area contributed by atoms with Gasteiger partial charge >= 0.3 is 0 Å². The topological polar surface area (TPSA) is 59.8 Å². The second kappa shape index (κ2) is 8.37.